The summed E-state index contributed by atoms with van der Waals surface area (Å²) in [7, 11) is 0. The first-order chi connectivity index (χ1) is 14.4. The van der Waals surface area contributed by atoms with Crippen LogP contribution in [0.25, 0.3) is 11.3 Å². The summed E-state index contributed by atoms with van der Waals surface area (Å²) < 4.78 is 10.7. The lowest BCUT2D eigenvalue weighted by Crippen LogP contribution is -2.39. The second kappa shape index (κ2) is 9.22. The van der Waals surface area contributed by atoms with E-state index >= 15 is 0 Å². The first-order valence-electron chi connectivity index (χ1n) is 9.62. The van der Waals surface area contributed by atoms with Crippen LogP contribution < -0.4 is 4.90 Å². The molecular formula is C24H23NO5. The normalized spacial score (nSPS) is 10.7. The number of hydrogen-bond acceptors (Lipinski definition) is 5. The molecule has 0 aliphatic carbocycles. The Labute approximate surface area is 175 Å². The van der Waals surface area contributed by atoms with Crippen LogP contribution in [0.5, 0.6) is 0 Å². The van der Waals surface area contributed by atoms with Gasteiger partial charge in [0, 0.05) is 22.9 Å². The average molecular weight is 405 g/mol. The number of para-hydroxylation sites is 1. The number of carbonyl (C=O) groups excluding carboxylic acids is 3. The smallest absolute Gasteiger partial charge is 0.374 e. The summed E-state index contributed by atoms with van der Waals surface area (Å²) in [6.45, 7) is 4.89. The van der Waals surface area contributed by atoms with Gasteiger partial charge in [0.15, 0.2) is 12.4 Å². The largest absolute Gasteiger partial charge is 0.450 e. The number of nitrogens with zero attached hydrogens (tertiary/aromatic N) is 1. The van der Waals surface area contributed by atoms with E-state index in [0.717, 1.165) is 11.3 Å². The van der Waals surface area contributed by atoms with Gasteiger partial charge in [-0.3, -0.25) is 9.59 Å². The van der Waals surface area contributed by atoms with Crippen LogP contribution >= 0.6 is 0 Å². The van der Waals surface area contributed by atoms with Crippen molar-refractivity contribution in [2.45, 2.75) is 26.8 Å². The Balaban J connectivity index is 1.65. The van der Waals surface area contributed by atoms with Crippen molar-refractivity contribution >= 4 is 23.3 Å². The van der Waals surface area contributed by atoms with Crippen LogP contribution in [0.2, 0.25) is 0 Å². The summed E-state index contributed by atoms with van der Waals surface area (Å²) in [6.07, 6.45) is 0. The Morgan fingerprint density at radius 3 is 2.20 bits per heavy atom. The van der Waals surface area contributed by atoms with Crippen LogP contribution in [-0.4, -0.2) is 30.3 Å². The van der Waals surface area contributed by atoms with Crippen LogP contribution in [-0.2, 0) is 9.53 Å². The molecule has 2 aromatic carbocycles. The number of benzene rings is 2. The highest BCUT2D eigenvalue weighted by atomic mass is 16.5. The molecule has 0 aliphatic rings. The van der Waals surface area contributed by atoms with E-state index in [1.54, 1.807) is 35.2 Å². The van der Waals surface area contributed by atoms with Crippen molar-refractivity contribution in [3.8, 4) is 11.3 Å². The summed E-state index contributed by atoms with van der Waals surface area (Å²) in [4.78, 5) is 37.9. The van der Waals surface area contributed by atoms with Gasteiger partial charge in [0.1, 0.15) is 5.76 Å². The molecule has 6 heteroatoms. The average Bonchev–Trinajstić information content (AvgIpc) is 3.23. The Kier molecular flexibility index (Phi) is 6.47. The van der Waals surface area contributed by atoms with Gasteiger partial charge >= 0.3 is 5.97 Å². The number of furan rings is 1. The fourth-order valence-electron chi connectivity index (χ4n) is 3.06. The summed E-state index contributed by atoms with van der Waals surface area (Å²) in [5, 5.41) is 0. The van der Waals surface area contributed by atoms with Gasteiger partial charge in [-0.15, -0.1) is 0 Å². The molecule has 0 fully saturated rings. The number of amides is 1. The molecule has 0 N–H and O–H groups in total. The molecule has 1 heterocycles. The Hall–Kier alpha value is -3.67. The minimum absolute atomic E-state index is 0.00394. The standard InChI is InChI=1S/C24H23NO5/c1-16(2)25(20-7-5-4-6-8-20)23(27)15-29-24(28)22-14-13-21(30-22)19-11-9-18(10-12-19)17(3)26/h4-14,16H,15H2,1-3H3. The Morgan fingerprint density at radius 1 is 0.933 bits per heavy atom. The zero-order valence-electron chi connectivity index (χ0n) is 17.1. The van der Waals surface area contributed by atoms with E-state index in [-0.39, 0.29) is 23.5 Å². The minimum Gasteiger partial charge on any atom is -0.450 e. The second-order valence-electron chi connectivity index (χ2n) is 7.07. The number of Topliss-reactive ketones (excluding diaryl/α,β-unsaturated/α-hetero) is 1. The molecule has 3 rings (SSSR count). The van der Waals surface area contributed by atoms with Crippen molar-refractivity contribution < 1.29 is 23.5 Å². The van der Waals surface area contributed by atoms with E-state index in [1.807, 2.05) is 44.2 Å². The molecule has 0 atom stereocenters. The van der Waals surface area contributed by atoms with Crippen LogP contribution in [0.1, 0.15) is 41.7 Å². The summed E-state index contributed by atoms with van der Waals surface area (Å²) in [5.41, 5.74) is 2.06. The summed E-state index contributed by atoms with van der Waals surface area (Å²) >= 11 is 0. The molecule has 0 bridgehead atoms. The van der Waals surface area contributed by atoms with Gasteiger partial charge in [0.2, 0.25) is 5.76 Å². The fraction of sp³-hybridized carbons (Fsp3) is 0.208. The fourth-order valence-corrected chi connectivity index (χ4v) is 3.06. The van der Waals surface area contributed by atoms with Gasteiger partial charge in [-0.2, -0.15) is 0 Å². The highest BCUT2D eigenvalue weighted by Gasteiger charge is 2.22. The van der Waals surface area contributed by atoms with Crippen molar-refractivity contribution in [1.29, 1.82) is 0 Å². The summed E-state index contributed by atoms with van der Waals surface area (Å²) in [5.74, 6) is -0.593. The second-order valence-corrected chi connectivity index (χ2v) is 7.07. The quantitative estimate of drug-likeness (QED) is 0.419. The third kappa shape index (κ3) is 4.84. The van der Waals surface area contributed by atoms with Gasteiger partial charge in [0.05, 0.1) is 0 Å². The SMILES string of the molecule is CC(=O)c1ccc(-c2ccc(C(=O)OCC(=O)N(c3ccccc3)C(C)C)o2)cc1. The van der Waals surface area contributed by atoms with Crippen LogP contribution in [0.3, 0.4) is 0 Å². The lowest BCUT2D eigenvalue weighted by atomic mass is 10.1. The maximum absolute atomic E-state index is 12.6. The maximum atomic E-state index is 12.6. The highest BCUT2D eigenvalue weighted by molar-refractivity contribution is 5.97. The van der Waals surface area contributed by atoms with E-state index < -0.39 is 12.6 Å². The van der Waals surface area contributed by atoms with E-state index in [4.69, 9.17) is 9.15 Å². The molecule has 0 spiro atoms. The molecule has 30 heavy (non-hydrogen) atoms. The third-order valence-electron chi connectivity index (χ3n) is 4.53. The molecule has 1 amide bonds. The summed E-state index contributed by atoms with van der Waals surface area (Å²) in [6, 6.07) is 19.1. The third-order valence-corrected chi connectivity index (χ3v) is 4.53. The predicted octanol–water partition coefficient (Wildman–Crippen LogP) is 4.75. The lowest BCUT2D eigenvalue weighted by molar-refractivity contribution is -0.122. The number of hydrogen-bond donors (Lipinski definition) is 0. The monoisotopic (exact) mass is 405 g/mol. The van der Waals surface area contributed by atoms with E-state index in [1.165, 1.54) is 13.0 Å². The molecule has 0 saturated carbocycles. The highest BCUT2D eigenvalue weighted by Crippen LogP contribution is 2.23. The van der Waals surface area contributed by atoms with Crippen LogP contribution in [0.4, 0.5) is 5.69 Å². The number of ketones is 1. The van der Waals surface area contributed by atoms with Crippen molar-refractivity contribution in [3.63, 3.8) is 0 Å². The number of rotatable bonds is 7. The van der Waals surface area contributed by atoms with Gasteiger partial charge in [-0.25, -0.2) is 4.79 Å². The number of carbonyl (C=O) groups is 3. The van der Waals surface area contributed by atoms with Gasteiger partial charge < -0.3 is 14.1 Å². The topological polar surface area (TPSA) is 76.8 Å². The molecule has 3 aromatic rings. The molecule has 0 aliphatic heterocycles. The Morgan fingerprint density at radius 2 is 1.60 bits per heavy atom. The van der Waals surface area contributed by atoms with Gasteiger partial charge in [-0.1, -0.05) is 42.5 Å². The van der Waals surface area contributed by atoms with E-state index in [2.05, 4.69) is 0 Å². The zero-order chi connectivity index (χ0) is 21.7. The lowest BCUT2D eigenvalue weighted by Gasteiger charge is -2.26. The van der Waals surface area contributed by atoms with Crippen molar-refractivity contribution in [1.82, 2.24) is 0 Å². The van der Waals surface area contributed by atoms with E-state index in [0.29, 0.717) is 11.3 Å². The van der Waals surface area contributed by atoms with Gasteiger partial charge in [-0.05, 0) is 45.0 Å². The predicted molar refractivity (Wildman–Crippen MR) is 113 cm³/mol. The van der Waals surface area contributed by atoms with Crippen molar-refractivity contribution in [2.24, 2.45) is 0 Å². The van der Waals surface area contributed by atoms with Crippen LogP contribution in [0, 0.1) is 0 Å². The first-order valence-corrected chi connectivity index (χ1v) is 9.62. The van der Waals surface area contributed by atoms with Crippen LogP contribution in [0.15, 0.2) is 71.1 Å². The number of esters is 1. The Bertz CT molecular complexity index is 1030. The maximum Gasteiger partial charge on any atom is 0.374 e. The molecule has 6 nitrogen and oxygen atoms in total. The molecule has 0 unspecified atom stereocenters. The number of ether oxygens (including phenoxy) is 1. The number of anilines is 1. The molecule has 0 saturated heterocycles. The molecule has 154 valence electrons. The van der Waals surface area contributed by atoms with Crippen molar-refractivity contribution in [2.75, 3.05) is 11.5 Å². The zero-order valence-corrected chi connectivity index (χ0v) is 17.1. The van der Waals surface area contributed by atoms with Gasteiger partial charge in [0.25, 0.3) is 5.91 Å². The minimum atomic E-state index is -0.716. The molecule has 0 radical (unpaired) electrons. The molecule has 1 aromatic heterocycles. The van der Waals surface area contributed by atoms with E-state index in [9.17, 15) is 14.4 Å². The molecular weight excluding hydrogens is 382 g/mol. The first kappa shape index (κ1) is 21.0. The van der Waals surface area contributed by atoms with Crippen molar-refractivity contribution in [3.05, 3.63) is 78.1 Å².